The fourth-order valence-electron chi connectivity index (χ4n) is 7.39. The van der Waals surface area contributed by atoms with Crippen LogP contribution < -0.4 is 9.75 Å². The number of hydrogen-bond donors (Lipinski definition) is 0. The zero-order chi connectivity index (χ0) is 31.6. The monoisotopic (exact) mass is 648 g/mol. The molecule has 9 aromatic rings. The van der Waals surface area contributed by atoms with Crippen LogP contribution in [0.15, 0.2) is 140 Å². The largest absolute Gasteiger partial charge is 0.228 e. The van der Waals surface area contributed by atoms with Crippen LogP contribution in [0.1, 0.15) is 18.4 Å². The highest BCUT2D eigenvalue weighted by Gasteiger charge is 2.20. The topological polar surface area (TPSA) is 25.8 Å². The van der Waals surface area contributed by atoms with Gasteiger partial charge in [-0.05, 0) is 63.6 Å². The Morgan fingerprint density at radius 1 is 0.500 bits per heavy atom. The van der Waals surface area contributed by atoms with E-state index in [4.69, 9.17) is 9.97 Å². The molecule has 6 aromatic carbocycles. The molecule has 0 N–H and O–H groups in total. The van der Waals surface area contributed by atoms with Crippen LogP contribution in [0.4, 0.5) is 0 Å². The van der Waals surface area contributed by atoms with Gasteiger partial charge in [0.2, 0.25) is 0 Å². The number of nitrogens with zero attached hydrogens (tertiary/aromatic N) is 2. The third-order valence-corrected chi connectivity index (χ3v) is 12.0. The van der Waals surface area contributed by atoms with E-state index in [0.717, 1.165) is 46.7 Å². The molecule has 1 aliphatic rings. The lowest BCUT2D eigenvalue weighted by Gasteiger charge is -2.12. The van der Waals surface area contributed by atoms with Crippen LogP contribution in [-0.2, 0) is 0 Å². The van der Waals surface area contributed by atoms with Crippen LogP contribution in [0.5, 0.6) is 0 Å². The molecule has 48 heavy (non-hydrogen) atoms. The van der Waals surface area contributed by atoms with Crippen molar-refractivity contribution in [3.63, 3.8) is 0 Å². The minimum absolute atomic E-state index is 0.736. The first-order valence-electron chi connectivity index (χ1n) is 16.4. The van der Waals surface area contributed by atoms with Gasteiger partial charge in [-0.3, -0.25) is 0 Å². The Morgan fingerprint density at radius 2 is 1.19 bits per heavy atom. The lowest BCUT2D eigenvalue weighted by Crippen LogP contribution is -2.25. The number of benzene rings is 6. The summed E-state index contributed by atoms with van der Waals surface area (Å²) in [5, 5.41) is 7.92. The van der Waals surface area contributed by atoms with Crippen LogP contribution in [0.3, 0.4) is 0 Å². The maximum atomic E-state index is 5.23. The van der Waals surface area contributed by atoms with Gasteiger partial charge in [0, 0.05) is 46.1 Å². The van der Waals surface area contributed by atoms with Crippen molar-refractivity contribution in [3.05, 3.63) is 155 Å². The summed E-state index contributed by atoms with van der Waals surface area (Å²) in [5.41, 5.74) is 7.94. The first kappa shape index (κ1) is 27.7. The zero-order valence-corrected chi connectivity index (χ0v) is 27.6. The average molecular weight is 649 g/mol. The second-order valence-corrected chi connectivity index (χ2v) is 14.5. The summed E-state index contributed by atoms with van der Waals surface area (Å²) < 4.78 is 5.45. The predicted octanol–water partition coefficient (Wildman–Crippen LogP) is 11.0. The highest BCUT2D eigenvalue weighted by molar-refractivity contribution is 7.26. The number of fused-ring (bicyclic) bond motifs is 8. The predicted molar refractivity (Wildman–Crippen MR) is 206 cm³/mol. The Hall–Kier alpha value is -5.42. The van der Waals surface area contributed by atoms with E-state index in [2.05, 4.69) is 121 Å². The van der Waals surface area contributed by atoms with E-state index in [1.807, 2.05) is 46.9 Å². The van der Waals surface area contributed by atoms with Gasteiger partial charge in [-0.2, -0.15) is 0 Å². The molecule has 0 radical (unpaired) electrons. The molecule has 3 heterocycles. The first-order chi connectivity index (χ1) is 23.8. The van der Waals surface area contributed by atoms with E-state index in [1.165, 1.54) is 61.9 Å². The van der Waals surface area contributed by atoms with Gasteiger partial charge >= 0.3 is 0 Å². The van der Waals surface area contributed by atoms with Gasteiger partial charge in [-0.25, -0.2) is 9.97 Å². The summed E-state index contributed by atoms with van der Waals surface area (Å²) >= 11 is 3.86. The smallest absolute Gasteiger partial charge is 0.160 e. The molecule has 226 valence electrons. The van der Waals surface area contributed by atoms with E-state index < -0.39 is 0 Å². The molecule has 4 heteroatoms. The van der Waals surface area contributed by atoms with Gasteiger partial charge in [0.05, 0.1) is 11.4 Å². The zero-order valence-electron chi connectivity index (χ0n) is 26.0. The average Bonchev–Trinajstić information content (AvgIpc) is 3.74. The van der Waals surface area contributed by atoms with Gasteiger partial charge in [0.25, 0.3) is 0 Å². The molecular formula is C44H28N2S2. The van der Waals surface area contributed by atoms with E-state index in [-0.39, 0.29) is 0 Å². The Morgan fingerprint density at radius 3 is 2.02 bits per heavy atom. The second-order valence-electron chi connectivity index (χ2n) is 12.4. The van der Waals surface area contributed by atoms with Crippen LogP contribution in [0.25, 0.3) is 86.6 Å². The van der Waals surface area contributed by atoms with Crippen molar-refractivity contribution in [3.8, 4) is 33.9 Å². The van der Waals surface area contributed by atoms with Gasteiger partial charge in [-0.1, -0.05) is 127 Å². The molecule has 3 aromatic heterocycles. The van der Waals surface area contributed by atoms with Crippen molar-refractivity contribution in [2.75, 3.05) is 0 Å². The molecule has 0 atom stereocenters. The maximum absolute atomic E-state index is 5.23. The molecule has 0 fully saturated rings. The summed E-state index contributed by atoms with van der Waals surface area (Å²) in [4.78, 5) is 10.3. The highest BCUT2D eigenvalue weighted by atomic mass is 32.1. The summed E-state index contributed by atoms with van der Waals surface area (Å²) in [6, 6.07) is 49.9. The third-order valence-electron chi connectivity index (χ3n) is 9.58. The standard InChI is InChI=1S/C44H28N2S2/c1-3-13-27(14-4-1)37-26-38(46-44(45-37)28-15-5-2-6-16-28)36-25-40-41(31-19-8-7-17-29(31)36)35-23-12-22-34(43(35)48-40)33-21-11-20-32-30-18-9-10-24-39(30)47-42(32)33/h1-10,12-20,22-26H,11,21H2. The first-order valence-corrected chi connectivity index (χ1v) is 18.0. The van der Waals surface area contributed by atoms with Crippen LogP contribution in [0.2, 0.25) is 0 Å². The van der Waals surface area contributed by atoms with E-state index in [9.17, 15) is 0 Å². The van der Waals surface area contributed by atoms with Gasteiger partial charge < -0.3 is 0 Å². The summed E-state index contributed by atoms with van der Waals surface area (Å²) in [6.07, 6.45) is 4.57. The van der Waals surface area contributed by atoms with Crippen LogP contribution in [0, 0.1) is 0 Å². The second kappa shape index (κ2) is 11.1. The number of aromatic nitrogens is 2. The molecule has 0 saturated heterocycles. The number of thiophene rings is 2. The number of hydrogen-bond acceptors (Lipinski definition) is 4. The highest BCUT2D eigenvalue weighted by Crippen LogP contribution is 2.45. The molecule has 0 aliphatic heterocycles. The minimum atomic E-state index is 0.736. The van der Waals surface area contributed by atoms with Crippen molar-refractivity contribution >= 4 is 75.4 Å². The van der Waals surface area contributed by atoms with Crippen molar-refractivity contribution < 1.29 is 0 Å². The van der Waals surface area contributed by atoms with Gasteiger partial charge in [0.15, 0.2) is 5.82 Å². The van der Waals surface area contributed by atoms with Crippen molar-refractivity contribution in [2.45, 2.75) is 12.8 Å². The Bertz CT molecular complexity index is 2770. The van der Waals surface area contributed by atoms with Crippen molar-refractivity contribution in [2.24, 2.45) is 0 Å². The van der Waals surface area contributed by atoms with E-state index >= 15 is 0 Å². The Kier molecular flexibility index (Phi) is 6.39. The molecule has 10 rings (SSSR count). The fraction of sp³-hybridized carbons (Fsp3) is 0.0455. The fourth-order valence-corrected chi connectivity index (χ4v) is 9.99. The van der Waals surface area contributed by atoms with Crippen LogP contribution >= 0.6 is 22.7 Å². The van der Waals surface area contributed by atoms with Gasteiger partial charge in [-0.15, -0.1) is 22.7 Å². The molecule has 0 bridgehead atoms. The quantitative estimate of drug-likeness (QED) is 0.190. The summed E-state index contributed by atoms with van der Waals surface area (Å²) in [7, 11) is 0. The third kappa shape index (κ3) is 4.37. The molecule has 2 nitrogen and oxygen atoms in total. The van der Waals surface area contributed by atoms with E-state index in [1.54, 1.807) is 0 Å². The van der Waals surface area contributed by atoms with E-state index in [0.29, 0.717) is 0 Å². The SMILES string of the molecule is C1=c2c(sc3ccccc23)=C(c2cccc3c2sc2cc(-c4cc(-c5ccccc5)nc(-c5ccccc5)n4)c4ccccc4c23)CC1. The summed E-state index contributed by atoms with van der Waals surface area (Å²) in [5.74, 6) is 0.736. The molecule has 0 saturated carbocycles. The molecule has 0 spiro atoms. The molecule has 1 aliphatic carbocycles. The normalized spacial score (nSPS) is 13.0. The Labute approximate surface area is 285 Å². The van der Waals surface area contributed by atoms with Gasteiger partial charge in [0.1, 0.15) is 0 Å². The molecule has 0 amide bonds. The lowest BCUT2D eigenvalue weighted by atomic mass is 9.93. The minimum Gasteiger partial charge on any atom is -0.228 e. The number of rotatable bonds is 4. The lowest BCUT2D eigenvalue weighted by molar-refractivity contribution is 1.09. The summed E-state index contributed by atoms with van der Waals surface area (Å²) in [6.45, 7) is 0. The Balaban J connectivity index is 1.25. The van der Waals surface area contributed by atoms with Crippen molar-refractivity contribution in [1.29, 1.82) is 0 Å². The van der Waals surface area contributed by atoms with Crippen LogP contribution in [-0.4, -0.2) is 9.97 Å². The van der Waals surface area contributed by atoms with Crippen molar-refractivity contribution in [1.82, 2.24) is 9.97 Å². The maximum Gasteiger partial charge on any atom is 0.160 e. The molecule has 0 unspecified atom stereocenters. The molecular weight excluding hydrogens is 621 g/mol.